The number of carbonyl (C=O) groups is 2. The molecule has 0 atom stereocenters. The number of amides is 2. The molecule has 1 aliphatic rings. The molecular formula is C16H10FNO3S. The zero-order chi connectivity index (χ0) is 15.7. The van der Waals surface area contributed by atoms with Crippen molar-refractivity contribution in [3.05, 3.63) is 65.0 Å². The first-order valence-corrected chi connectivity index (χ1v) is 7.19. The lowest BCUT2D eigenvalue weighted by molar-refractivity contribution is -0.124. The Kier molecular flexibility index (Phi) is 3.68. The number of rotatable bonds is 3. The number of imide groups is 1. The highest BCUT2D eigenvalue weighted by atomic mass is 32.2. The molecule has 0 saturated heterocycles. The largest absolute Gasteiger partial charge is 0.502 e. The second-order valence-corrected chi connectivity index (χ2v) is 5.68. The van der Waals surface area contributed by atoms with Crippen LogP contribution in [0.2, 0.25) is 0 Å². The minimum atomic E-state index is -0.790. The average molecular weight is 315 g/mol. The molecule has 2 N–H and O–H groups in total. The quantitative estimate of drug-likeness (QED) is 0.855. The van der Waals surface area contributed by atoms with E-state index >= 15 is 0 Å². The Morgan fingerprint density at radius 1 is 0.955 bits per heavy atom. The van der Waals surface area contributed by atoms with E-state index in [0.717, 1.165) is 22.9 Å². The molecule has 2 aromatic rings. The van der Waals surface area contributed by atoms with Gasteiger partial charge in [-0.05, 0) is 35.4 Å². The third-order valence-corrected chi connectivity index (χ3v) is 4.17. The van der Waals surface area contributed by atoms with Gasteiger partial charge in [0.05, 0.1) is 0 Å². The molecule has 110 valence electrons. The van der Waals surface area contributed by atoms with E-state index in [2.05, 4.69) is 0 Å². The van der Waals surface area contributed by atoms with Crippen LogP contribution in [0, 0.1) is 5.82 Å². The van der Waals surface area contributed by atoms with Gasteiger partial charge in [-0.1, -0.05) is 36.0 Å². The SMILES string of the molecule is O=C1NC(=O)C(Sc2cccc(-c3ccc(F)cc3)c2)=C1O. The molecular weight excluding hydrogens is 305 g/mol. The van der Waals surface area contributed by atoms with Crippen LogP contribution in [0.5, 0.6) is 0 Å². The fraction of sp³-hybridized carbons (Fsp3) is 0. The van der Waals surface area contributed by atoms with E-state index in [9.17, 15) is 19.1 Å². The van der Waals surface area contributed by atoms with Crippen LogP contribution >= 0.6 is 11.8 Å². The summed E-state index contributed by atoms with van der Waals surface area (Å²) in [7, 11) is 0. The molecule has 0 radical (unpaired) electrons. The maximum Gasteiger partial charge on any atom is 0.294 e. The third kappa shape index (κ3) is 2.73. The average Bonchev–Trinajstić information content (AvgIpc) is 2.75. The highest BCUT2D eigenvalue weighted by molar-refractivity contribution is 8.04. The van der Waals surface area contributed by atoms with E-state index < -0.39 is 17.6 Å². The molecule has 2 aromatic carbocycles. The van der Waals surface area contributed by atoms with Gasteiger partial charge in [0.2, 0.25) is 5.76 Å². The second-order valence-electron chi connectivity index (χ2n) is 4.60. The van der Waals surface area contributed by atoms with Crippen molar-refractivity contribution in [1.29, 1.82) is 0 Å². The van der Waals surface area contributed by atoms with E-state index in [1.165, 1.54) is 12.1 Å². The van der Waals surface area contributed by atoms with Crippen molar-refractivity contribution < 1.29 is 19.1 Å². The fourth-order valence-electron chi connectivity index (χ4n) is 2.02. The van der Waals surface area contributed by atoms with Crippen LogP contribution < -0.4 is 5.32 Å². The highest BCUT2D eigenvalue weighted by Crippen LogP contribution is 2.33. The summed E-state index contributed by atoms with van der Waals surface area (Å²) < 4.78 is 13.0. The van der Waals surface area contributed by atoms with Crippen molar-refractivity contribution in [2.24, 2.45) is 0 Å². The summed E-state index contributed by atoms with van der Waals surface area (Å²) in [6, 6.07) is 13.2. The smallest absolute Gasteiger partial charge is 0.294 e. The van der Waals surface area contributed by atoms with Crippen LogP contribution in [0.25, 0.3) is 11.1 Å². The Morgan fingerprint density at radius 3 is 2.32 bits per heavy atom. The van der Waals surface area contributed by atoms with Crippen molar-refractivity contribution in [2.75, 3.05) is 0 Å². The van der Waals surface area contributed by atoms with Crippen LogP contribution in [0.15, 0.2) is 64.1 Å². The summed E-state index contributed by atoms with van der Waals surface area (Å²) in [6.45, 7) is 0. The maximum atomic E-state index is 13.0. The number of halogens is 1. The summed E-state index contributed by atoms with van der Waals surface area (Å²) in [4.78, 5) is 23.5. The zero-order valence-corrected chi connectivity index (χ0v) is 12.0. The molecule has 22 heavy (non-hydrogen) atoms. The number of aliphatic hydroxyl groups excluding tert-OH is 1. The fourth-order valence-corrected chi connectivity index (χ4v) is 2.93. The van der Waals surface area contributed by atoms with Gasteiger partial charge >= 0.3 is 0 Å². The van der Waals surface area contributed by atoms with Crippen LogP contribution in [-0.2, 0) is 9.59 Å². The first-order valence-electron chi connectivity index (χ1n) is 6.37. The van der Waals surface area contributed by atoms with Gasteiger partial charge in [-0.15, -0.1) is 0 Å². The van der Waals surface area contributed by atoms with Crippen molar-refractivity contribution in [2.45, 2.75) is 4.90 Å². The zero-order valence-electron chi connectivity index (χ0n) is 11.2. The number of hydrogen-bond acceptors (Lipinski definition) is 4. The number of benzene rings is 2. The van der Waals surface area contributed by atoms with Gasteiger partial charge in [0.1, 0.15) is 10.7 Å². The summed E-state index contributed by atoms with van der Waals surface area (Å²) in [5.41, 5.74) is 1.67. The lowest BCUT2D eigenvalue weighted by Crippen LogP contribution is -2.22. The number of thioether (sulfide) groups is 1. The van der Waals surface area contributed by atoms with Crippen molar-refractivity contribution in [1.82, 2.24) is 5.32 Å². The molecule has 0 unspecified atom stereocenters. The Morgan fingerprint density at radius 2 is 1.68 bits per heavy atom. The Labute approximate surface area is 129 Å². The number of nitrogens with one attached hydrogen (secondary N) is 1. The first-order chi connectivity index (χ1) is 10.5. The molecule has 0 spiro atoms. The molecule has 0 aliphatic carbocycles. The molecule has 1 heterocycles. The number of hydrogen-bond donors (Lipinski definition) is 2. The number of carbonyl (C=O) groups excluding carboxylic acids is 2. The molecule has 2 amide bonds. The molecule has 1 aliphatic heterocycles. The van der Waals surface area contributed by atoms with Crippen molar-refractivity contribution >= 4 is 23.6 Å². The van der Waals surface area contributed by atoms with Crippen LogP contribution in [0.3, 0.4) is 0 Å². The first kappa shape index (κ1) is 14.3. The Hall–Kier alpha value is -2.60. The lowest BCUT2D eigenvalue weighted by Gasteiger charge is -2.05. The van der Waals surface area contributed by atoms with Gasteiger partial charge in [0, 0.05) is 4.90 Å². The standard InChI is InChI=1S/C16H10FNO3S/c17-11-6-4-9(5-7-11)10-2-1-3-12(8-10)22-14-13(19)15(20)18-16(14)21/h1-8H,(H2,18,19,20,21). The predicted octanol–water partition coefficient (Wildman–Crippen LogP) is 3.01. The maximum absolute atomic E-state index is 13.0. The topological polar surface area (TPSA) is 66.4 Å². The van der Waals surface area contributed by atoms with E-state index in [1.54, 1.807) is 30.3 Å². The summed E-state index contributed by atoms with van der Waals surface area (Å²) in [6.07, 6.45) is 0. The van der Waals surface area contributed by atoms with E-state index in [-0.39, 0.29) is 10.7 Å². The molecule has 0 saturated carbocycles. The Bertz CT molecular complexity index is 799. The number of aliphatic hydroxyl groups is 1. The minimum absolute atomic E-state index is 0.0266. The van der Waals surface area contributed by atoms with Gasteiger partial charge in [0.25, 0.3) is 11.8 Å². The molecule has 0 fully saturated rings. The van der Waals surface area contributed by atoms with E-state index in [1.807, 2.05) is 11.4 Å². The van der Waals surface area contributed by atoms with Crippen molar-refractivity contribution in [3.63, 3.8) is 0 Å². The minimum Gasteiger partial charge on any atom is -0.502 e. The van der Waals surface area contributed by atoms with Crippen molar-refractivity contribution in [3.8, 4) is 11.1 Å². The molecule has 3 rings (SSSR count). The normalized spacial score (nSPS) is 14.4. The lowest BCUT2D eigenvalue weighted by atomic mass is 10.1. The molecule has 6 heteroatoms. The summed E-state index contributed by atoms with van der Waals surface area (Å²) in [5.74, 6) is -2.28. The van der Waals surface area contributed by atoms with Crippen LogP contribution in [0.4, 0.5) is 4.39 Å². The van der Waals surface area contributed by atoms with Crippen LogP contribution in [-0.4, -0.2) is 16.9 Å². The monoisotopic (exact) mass is 315 g/mol. The molecule has 4 nitrogen and oxygen atoms in total. The molecule has 0 aromatic heterocycles. The Balaban J connectivity index is 1.90. The summed E-state index contributed by atoms with van der Waals surface area (Å²) >= 11 is 1.01. The van der Waals surface area contributed by atoms with Gasteiger partial charge in [-0.25, -0.2) is 4.39 Å². The van der Waals surface area contributed by atoms with Crippen LogP contribution in [0.1, 0.15) is 0 Å². The highest BCUT2D eigenvalue weighted by Gasteiger charge is 2.30. The van der Waals surface area contributed by atoms with Gasteiger partial charge in [-0.3, -0.25) is 14.9 Å². The second kappa shape index (κ2) is 5.65. The van der Waals surface area contributed by atoms with Gasteiger partial charge < -0.3 is 5.11 Å². The van der Waals surface area contributed by atoms with Gasteiger partial charge in [-0.2, -0.15) is 0 Å². The predicted molar refractivity (Wildman–Crippen MR) is 80.5 cm³/mol. The van der Waals surface area contributed by atoms with Gasteiger partial charge in [0.15, 0.2) is 0 Å². The van der Waals surface area contributed by atoms with E-state index in [4.69, 9.17) is 0 Å². The third-order valence-electron chi connectivity index (χ3n) is 3.09. The summed E-state index contributed by atoms with van der Waals surface area (Å²) in [5, 5.41) is 11.6. The van der Waals surface area contributed by atoms with E-state index in [0.29, 0.717) is 4.90 Å². The molecule has 0 bridgehead atoms.